The van der Waals surface area contributed by atoms with E-state index in [4.69, 9.17) is 0 Å². The van der Waals surface area contributed by atoms with Gasteiger partial charge in [0.2, 0.25) is 5.91 Å². The van der Waals surface area contributed by atoms with Crippen LogP contribution in [0.25, 0.3) is 0 Å². The molecule has 0 spiro atoms. The second-order valence-corrected chi connectivity index (χ2v) is 7.18. The third-order valence-electron chi connectivity index (χ3n) is 5.25. The Morgan fingerprint density at radius 1 is 0.862 bits per heavy atom. The van der Waals surface area contributed by atoms with Gasteiger partial charge in [-0.15, -0.1) is 0 Å². The average Bonchev–Trinajstić information content (AvgIpc) is 2.77. The topological polar surface area (TPSA) is 60.9 Å². The van der Waals surface area contributed by atoms with Crippen LogP contribution >= 0.6 is 0 Å². The van der Waals surface area contributed by atoms with E-state index < -0.39 is 0 Å². The van der Waals surface area contributed by atoms with E-state index in [1.165, 1.54) is 0 Å². The highest BCUT2D eigenvalue weighted by Crippen LogP contribution is 2.15. The maximum absolute atomic E-state index is 13.0. The van der Waals surface area contributed by atoms with Gasteiger partial charge >= 0.3 is 0 Å². The first kappa shape index (κ1) is 20.6. The highest BCUT2D eigenvalue weighted by molar-refractivity contribution is 5.99. The van der Waals surface area contributed by atoms with Crippen LogP contribution in [0.5, 0.6) is 0 Å². The zero-order valence-corrected chi connectivity index (χ0v) is 17.0. The van der Waals surface area contributed by atoms with Crippen molar-refractivity contribution in [2.75, 3.05) is 32.7 Å². The van der Waals surface area contributed by atoms with Crippen LogP contribution in [0, 0.1) is 0 Å². The summed E-state index contributed by atoms with van der Waals surface area (Å²) in [5, 5.41) is 0. The molecule has 0 unspecified atom stereocenters. The standard InChI is InChI=1S/C23H27N3O3/c1-3-24(17-19-8-5-4-6-9-19)22(28)20-10-7-11-21(16-20)23(29)26-14-12-25(13-15-26)18(2)27/h4-11,16H,3,12-15,17H2,1-2H3. The molecule has 2 aromatic rings. The predicted molar refractivity (Wildman–Crippen MR) is 111 cm³/mol. The van der Waals surface area contributed by atoms with Gasteiger partial charge in [-0.3, -0.25) is 14.4 Å². The van der Waals surface area contributed by atoms with E-state index in [9.17, 15) is 14.4 Å². The van der Waals surface area contributed by atoms with E-state index >= 15 is 0 Å². The van der Waals surface area contributed by atoms with Gasteiger partial charge in [0.25, 0.3) is 11.8 Å². The minimum Gasteiger partial charge on any atom is -0.339 e. The molecule has 1 saturated heterocycles. The van der Waals surface area contributed by atoms with E-state index in [-0.39, 0.29) is 17.7 Å². The summed E-state index contributed by atoms with van der Waals surface area (Å²) >= 11 is 0. The fraction of sp³-hybridized carbons (Fsp3) is 0.348. The number of piperazine rings is 1. The number of carbonyl (C=O) groups is 3. The quantitative estimate of drug-likeness (QED) is 0.785. The molecule has 0 atom stereocenters. The van der Waals surface area contributed by atoms with Crippen molar-refractivity contribution in [3.8, 4) is 0 Å². The van der Waals surface area contributed by atoms with Crippen LogP contribution in [-0.2, 0) is 11.3 Å². The van der Waals surface area contributed by atoms with E-state index in [1.807, 2.05) is 37.3 Å². The summed E-state index contributed by atoms with van der Waals surface area (Å²) < 4.78 is 0. The summed E-state index contributed by atoms with van der Waals surface area (Å²) in [6.07, 6.45) is 0. The highest BCUT2D eigenvalue weighted by atomic mass is 16.2. The molecule has 0 aromatic heterocycles. The zero-order valence-electron chi connectivity index (χ0n) is 17.0. The number of nitrogens with zero attached hydrogens (tertiary/aromatic N) is 3. The third kappa shape index (κ3) is 5.02. The van der Waals surface area contributed by atoms with Crippen LogP contribution in [0.3, 0.4) is 0 Å². The van der Waals surface area contributed by atoms with Gasteiger partial charge in [0.05, 0.1) is 0 Å². The predicted octanol–water partition coefficient (Wildman–Crippen LogP) is 2.65. The van der Waals surface area contributed by atoms with E-state index in [2.05, 4.69) is 0 Å². The van der Waals surface area contributed by atoms with Crippen molar-refractivity contribution in [3.63, 3.8) is 0 Å². The lowest BCUT2D eigenvalue weighted by atomic mass is 10.1. The number of hydrogen-bond donors (Lipinski definition) is 0. The largest absolute Gasteiger partial charge is 0.339 e. The number of rotatable bonds is 5. The summed E-state index contributed by atoms with van der Waals surface area (Å²) in [5.74, 6) is -0.163. The molecule has 1 aliphatic heterocycles. The number of amides is 3. The van der Waals surface area contributed by atoms with Gasteiger partial charge in [-0.05, 0) is 30.7 Å². The molecule has 0 bridgehead atoms. The third-order valence-corrected chi connectivity index (χ3v) is 5.25. The SMILES string of the molecule is CCN(Cc1ccccc1)C(=O)c1cccc(C(=O)N2CCN(C(C)=O)CC2)c1. The Morgan fingerprint density at radius 3 is 2.10 bits per heavy atom. The van der Waals surface area contributed by atoms with Crippen molar-refractivity contribution >= 4 is 17.7 Å². The van der Waals surface area contributed by atoms with Crippen molar-refractivity contribution in [1.82, 2.24) is 14.7 Å². The maximum Gasteiger partial charge on any atom is 0.254 e. The number of hydrogen-bond acceptors (Lipinski definition) is 3. The first-order valence-electron chi connectivity index (χ1n) is 9.97. The van der Waals surface area contributed by atoms with Crippen molar-refractivity contribution in [3.05, 3.63) is 71.3 Å². The van der Waals surface area contributed by atoms with E-state index in [0.29, 0.717) is 50.4 Å². The molecule has 1 fully saturated rings. The Bertz CT molecular complexity index is 874. The van der Waals surface area contributed by atoms with Gasteiger partial charge < -0.3 is 14.7 Å². The molecule has 6 heteroatoms. The van der Waals surface area contributed by atoms with Crippen LogP contribution in [0.4, 0.5) is 0 Å². The molecule has 0 N–H and O–H groups in total. The number of carbonyl (C=O) groups excluding carboxylic acids is 3. The Labute approximate surface area is 171 Å². The Morgan fingerprint density at radius 2 is 1.48 bits per heavy atom. The second kappa shape index (κ2) is 9.37. The minimum atomic E-state index is -0.103. The Hall–Kier alpha value is -3.15. The zero-order chi connectivity index (χ0) is 20.8. The average molecular weight is 393 g/mol. The molecule has 2 aromatic carbocycles. The molecule has 3 amide bonds. The summed E-state index contributed by atoms with van der Waals surface area (Å²) in [6, 6.07) is 16.8. The maximum atomic E-state index is 13.0. The lowest BCUT2D eigenvalue weighted by Gasteiger charge is -2.34. The first-order valence-corrected chi connectivity index (χ1v) is 9.97. The fourth-order valence-electron chi connectivity index (χ4n) is 3.51. The van der Waals surface area contributed by atoms with Crippen molar-refractivity contribution in [2.24, 2.45) is 0 Å². The molecule has 0 aliphatic carbocycles. The lowest BCUT2D eigenvalue weighted by molar-refractivity contribution is -0.130. The summed E-state index contributed by atoms with van der Waals surface area (Å²) in [6.45, 7) is 6.70. The molecule has 29 heavy (non-hydrogen) atoms. The van der Waals surface area contributed by atoms with Gasteiger partial charge in [-0.2, -0.15) is 0 Å². The Balaban J connectivity index is 1.70. The Kier molecular flexibility index (Phi) is 6.65. The smallest absolute Gasteiger partial charge is 0.254 e. The normalized spacial score (nSPS) is 13.9. The summed E-state index contributed by atoms with van der Waals surface area (Å²) in [5.41, 5.74) is 2.08. The van der Waals surface area contributed by atoms with Gasteiger partial charge in [-0.1, -0.05) is 36.4 Å². The molecule has 6 nitrogen and oxygen atoms in total. The lowest BCUT2D eigenvalue weighted by Crippen LogP contribution is -2.50. The summed E-state index contributed by atoms with van der Waals surface area (Å²) in [7, 11) is 0. The molecule has 0 radical (unpaired) electrons. The first-order chi connectivity index (χ1) is 14.0. The van der Waals surface area contributed by atoms with E-state index in [0.717, 1.165) is 5.56 Å². The van der Waals surface area contributed by atoms with Crippen molar-refractivity contribution in [1.29, 1.82) is 0 Å². The molecule has 0 saturated carbocycles. The van der Waals surface area contributed by atoms with Crippen LogP contribution in [0.2, 0.25) is 0 Å². The molecule has 1 aliphatic rings. The molecular formula is C23H27N3O3. The van der Waals surface area contributed by atoms with Crippen molar-refractivity contribution in [2.45, 2.75) is 20.4 Å². The summed E-state index contributed by atoms with van der Waals surface area (Å²) in [4.78, 5) is 42.6. The van der Waals surface area contributed by atoms with Gasteiger partial charge in [0.1, 0.15) is 0 Å². The molecule has 3 rings (SSSR count). The second-order valence-electron chi connectivity index (χ2n) is 7.18. The van der Waals surface area contributed by atoms with E-state index in [1.54, 1.807) is 45.9 Å². The molecule has 1 heterocycles. The van der Waals surface area contributed by atoms with Crippen LogP contribution in [-0.4, -0.2) is 65.1 Å². The monoisotopic (exact) mass is 393 g/mol. The van der Waals surface area contributed by atoms with Crippen molar-refractivity contribution < 1.29 is 14.4 Å². The minimum absolute atomic E-state index is 0.0303. The van der Waals surface area contributed by atoms with Gasteiger partial charge in [0, 0.05) is 57.3 Å². The highest BCUT2D eigenvalue weighted by Gasteiger charge is 2.24. The molecule has 152 valence electrons. The fourth-order valence-corrected chi connectivity index (χ4v) is 3.51. The van der Waals surface area contributed by atoms with Crippen LogP contribution < -0.4 is 0 Å². The number of benzene rings is 2. The van der Waals surface area contributed by atoms with Gasteiger partial charge in [0.15, 0.2) is 0 Å². The van der Waals surface area contributed by atoms with Crippen LogP contribution in [0.15, 0.2) is 54.6 Å². The van der Waals surface area contributed by atoms with Crippen LogP contribution in [0.1, 0.15) is 40.1 Å². The molecular weight excluding hydrogens is 366 g/mol. The van der Waals surface area contributed by atoms with Gasteiger partial charge in [-0.25, -0.2) is 0 Å².